The average molecular weight is 392 g/mol. The number of thioether (sulfide) groups is 1. The highest BCUT2D eigenvalue weighted by atomic mass is 32.2. The summed E-state index contributed by atoms with van der Waals surface area (Å²) in [6, 6.07) is 6.47. The number of amides is 2. The minimum absolute atomic E-state index is 0.00749. The predicted molar refractivity (Wildman–Crippen MR) is 97.3 cm³/mol. The van der Waals surface area contributed by atoms with Gasteiger partial charge < -0.3 is 19.9 Å². The maximum atomic E-state index is 12.3. The van der Waals surface area contributed by atoms with Gasteiger partial charge in [-0.1, -0.05) is 18.7 Å². The summed E-state index contributed by atoms with van der Waals surface area (Å²) in [5.74, 6) is -0.777. The summed E-state index contributed by atoms with van der Waals surface area (Å²) in [4.78, 5) is 37.3. The number of carbonyl (C=O) groups is 3. The Morgan fingerprint density at radius 2 is 2.07 bits per heavy atom. The Morgan fingerprint density at radius 3 is 2.67 bits per heavy atom. The molecule has 0 saturated carbocycles. The van der Waals surface area contributed by atoms with Crippen LogP contribution >= 0.6 is 11.8 Å². The van der Waals surface area contributed by atoms with Crippen molar-refractivity contribution in [2.75, 3.05) is 6.54 Å². The van der Waals surface area contributed by atoms with Crippen LogP contribution in [0.5, 0.6) is 5.75 Å². The van der Waals surface area contributed by atoms with Crippen molar-refractivity contribution >= 4 is 29.5 Å². The molecule has 9 heteroatoms. The minimum Gasteiger partial charge on any atom is -0.448 e. The van der Waals surface area contributed by atoms with Crippen LogP contribution in [0.3, 0.4) is 0 Å². The van der Waals surface area contributed by atoms with Crippen LogP contribution in [0, 0.1) is 0 Å². The van der Waals surface area contributed by atoms with Crippen LogP contribution in [0.4, 0.5) is 0 Å². The Hall–Kier alpha value is -2.52. The second kappa shape index (κ2) is 8.01. The monoisotopic (exact) mass is 392 g/mol. The third kappa shape index (κ3) is 4.09. The number of nitrogens with zero attached hydrogens (tertiary/aromatic N) is 1. The second-order valence-electron chi connectivity index (χ2n) is 6.06. The fraction of sp³-hybridized carbons (Fsp3) is 0.389. The van der Waals surface area contributed by atoms with Crippen molar-refractivity contribution in [1.82, 2.24) is 10.2 Å². The Bertz CT molecular complexity index is 790. The molecule has 1 aromatic rings. The molecule has 144 valence electrons. The first-order valence-corrected chi connectivity index (χ1v) is 9.46. The number of rotatable bonds is 7. The molecule has 1 aromatic carbocycles. The van der Waals surface area contributed by atoms with Crippen molar-refractivity contribution in [1.29, 1.82) is 0 Å². The van der Waals surface area contributed by atoms with E-state index in [0.29, 0.717) is 24.3 Å². The maximum absolute atomic E-state index is 12.3. The Balaban J connectivity index is 1.76. The number of hydrogen-bond acceptors (Lipinski definition) is 7. The molecule has 0 radical (unpaired) electrons. The molecule has 0 bridgehead atoms. The van der Waals surface area contributed by atoms with Crippen LogP contribution in [-0.2, 0) is 14.3 Å². The number of carbonyl (C=O) groups excluding carboxylic acids is 3. The molecule has 2 heterocycles. The topological polar surface area (TPSA) is 105 Å². The van der Waals surface area contributed by atoms with Crippen LogP contribution in [0.25, 0.3) is 0 Å². The largest absolute Gasteiger partial charge is 0.448 e. The molecule has 2 aliphatic rings. The molecule has 0 aromatic heterocycles. The molecule has 27 heavy (non-hydrogen) atoms. The molecule has 0 spiro atoms. The fourth-order valence-electron chi connectivity index (χ4n) is 2.61. The van der Waals surface area contributed by atoms with Gasteiger partial charge in [0.15, 0.2) is 17.1 Å². The van der Waals surface area contributed by atoms with E-state index in [0.717, 1.165) is 6.42 Å². The zero-order chi connectivity index (χ0) is 19.6. The number of β-lactam (4-membered cyclic amide) rings is 1. The molecule has 8 nitrogen and oxygen atoms in total. The maximum Gasteiger partial charge on any atom is 0.361 e. The number of aliphatic hydroxyl groups is 1. The van der Waals surface area contributed by atoms with E-state index in [9.17, 15) is 19.5 Å². The number of ether oxygens (including phenoxy) is 2. The van der Waals surface area contributed by atoms with Gasteiger partial charge in [0.1, 0.15) is 5.75 Å². The van der Waals surface area contributed by atoms with Gasteiger partial charge in [0.25, 0.3) is 5.91 Å². The Labute approximate surface area is 160 Å². The number of aliphatic hydroxyl groups excluding tert-OH is 1. The Kier molecular flexibility index (Phi) is 5.71. The summed E-state index contributed by atoms with van der Waals surface area (Å²) in [6.07, 6.45) is -0.146. The van der Waals surface area contributed by atoms with Gasteiger partial charge in [0.2, 0.25) is 5.91 Å². The zero-order valence-corrected chi connectivity index (χ0v) is 15.7. The quantitative estimate of drug-likeness (QED) is 0.412. The number of fused-ring (bicyclic) bond motifs is 1. The normalized spacial score (nSPS) is 19.3. The first-order chi connectivity index (χ1) is 12.9. The zero-order valence-electron chi connectivity index (χ0n) is 14.9. The van der Waals surface area contributed by atoms with Gasteiger partial charge in [-0.3, -0.25) is 14.5 Å². The van der Waals surface area contributed by atoms with Gasteiger partial charge in [-0.15, -0.1) is 0 Å². The lowest BCUT2D eigenvalue weighted by Crippen LogP contribution is -2.48. The van der Waals surface area contributed by atoms with Gasteiger partial charge in [-0.05, 0) is 37.6 Å². The van der Waals surface area contributed by atoms with Gasteiger partial charge >= 0.3 is 5.97 Å². The molecule has 1 saturated heterocycles. The van der Waals surface area contributed by atoms with Gasteiger partial charge in [-0.2, -0.15) is 0 Å². The standard InChI is InChI=1S/C18H20N2O6S/c1-3-8-19-16(23)11-4-6-12(7-5-11)26-18-15(17(24)25-10(2)21)20-13(22)9-14(20)27-18/h4-7,10,14,21H,3,8-9H2,1-2H3,(H,19,23)/t10-,14-/m1/s1. The highest BCUT2D eigenvalue weighted by Gasteiger charge is 2.50. The third-order valence-corrected chi connectivity index (χ3v) is 5.06. The van der Waals surface area contributed by atoms with Gasteiger partial charge in [0.05, 0.1) is 11.8 Å². The van der Waals surface area contributed by atoms with E-state index in [1.807, 2.05) is 6.92 Å². The van der Waals surface area contributed by atoms with Crippen LogP contribution < -0.4 is 10.1 Å². The summed E-state index contributed by atoms with van der Waals surface area (Å²) in [5.41, 5.74) is 0.489. The highest BCUT2D eigenvalue weighted by Crippen LogP contribution is 2.46. The van der Waals surface area contributed by atoms with E-state index in [1.54, 1.807) is 24.3 Å². The lowest BCUT2D eigenvalue weighted by atomic mass is 10.2. The van der Waals surface area contributed by atoms with Crippen molar-refractivity contribution in [2.45, 2.75) is 38.4 Å². The van der Waals surface area contributed by atoms with Crippen molar-refractivity contribution in [3.8, 4) is 5.75 Å². The van der Waals surface area contributed by atoms with E-state index >= 15 is 0 Å². The summed E-state index contributed by atoms with van der Waals surface area (Å²) < 4.78 is 10.6. The van der Waals surface area contributed by atoms with E-state index < -0.39 is 12.3 Å². The third-order valence-electron chi connectivity index (χ3n) is 3.92. The van der Waals surface area contributed by atoms with Crippen molar-refractivity contribution in [3.63, 3.8) is 0 Å². The summed E-state index contributed by atoms with van der Waals surface area (Å²) in [7, 11) is 0. The molecule has 2 amide bonds. The molecule has 1 fully saturated rings. The fourth-order valence-corrected chi connectivity index (χ4v) is 3.85. The molecule has 0 unspecified atom stereocenters. The minimum atomic E-state index is -1.30. The van der Waals surface area contributed by atoms with Gasteiger partial charge in [-0.25, -0.2) is 4.79 Å². The van der Waals surface area contributed by atoms with E-state index in [2.05, 4.69) is 5.32 Å². The molecule has 2 atom stereocenters. The van der Waals surface area contributed by atoms with Gasteiger partial charge in [0, 0.05) is 12.1 Å². The number of hydrogen-bond donors (Lipinski definition) is 2. The van der Waals surface area contributed by atoms with Crippen LogP contribution in [0.15, 0.2) is 35.1 Å². The number of esters is 1. The van der Waals surface area contributed by atoms with Crippen molar-refractivity contribution in [3.05, 3.63) is 40.6 Å². The predicted octanol–water partition coefficient (Wildman–Crippen LogP) is 1.56. The molecular weight excluding hydrogens is 372 g/mol. The van der Waals surface area contributed by atoms with Crippen LogP contribution in [-0.4, -0.2) is 46.0 Å². The van der Waals surface area contributed by atoms with Crippen LogP contribution in [0.2, 0.25) is 0 Å². The first kappa shape index (κ1) is 19.2. The molecule has 2 aliphatic heterocycles. The summed E-state index contributed by atoms with van der Waals surface area (Å²) >= 11 is 1.24. The SMILES string of the molecule is CCCNC(=O)c1ccc(OC2=C(C(=O)O[C@H](C)O)N3C(=O)C[C@H]3S2)cc1. The average Bonchev–Trinajstić information content (AvgIpc) is 2.91. The second-order valence-corrected chi connectivity index (χ2v) is 7.21. The molecule has 3 rings (SSSR count). The summed E-state index contributed by atoms with van der Waals surface area (Å²) in [5, 5.41) is 12.1. The van der Waals surface area contributed by atoms with Crippen molar-refractivity contribution < 1.29 is 29.0 Å². The molecule has 2 N–H and O–H groups in total. The van der Waals surface area contributed by atoms with E-state index in [1.165, 1.54) is 23.6 Å². The smallest absolute Gasteiger partial charge is 0.361 e. The summed E-state index contributed by atoms with van der Waals surface area (Å²) in [6.45, 7) is 3.87. The van der Waals surface area contributed by atoms with Crippen LogP contribution in [0.1, 0.15) is 37.0 Å². The van der Waals surface area contributed by atoms with Crippen molar-refractivity contribution in [2.24, 2.45) is 0 Å². The molecule has 0 aliphatic carbocycles. The number of benzene rings is 1. The lowest BCUT2D eigenvalue weighted by Gasteiger charge is -2.33. The lowest BCUT2D eigenvalue weighted by molar-refractivity contribution is -0.165. The Morgan fingerprint density at radius 1 is 1.37 bits per heavy atom. The van der Waals surface area contributed by atoms with E-state index in [-0.39, 0.29) is 28.0 Å². The molecular formula is C18H20N2O6S. The highest BCUT2D eigenvalue weighted by molar-refractivity contribution is 8.03. The van der Waals surface area contributed by atoms with E-state index in [4.69, 9.17) is 9.47 Å². The number of nitrogens with one attached hydrogen (secondary N) is 1. The first-order valence-electron chi connectivity index (χ1n) is 8.59.